The fraction of sp³-hybridized carbons (Fsp3) is 0.222. The van der Waals surface area contributed by atoms with E-state index < -0.39 is 32.2 Å². The summed E-state index contributed by atoms with van der Waals surface area (Å²) in [5.74, 6) is -3.08. The zero-order valence-electron chi connectivity index (χ0n) is 19.9. The van der Waals surface area contributed by atoms with Crippen molar-refractivity contribution in [2.45, 2.75) is 37.6 Å². The van der Waals surface area contributed by atoms with E-state index in [0.29, 0.717) is 13.0 Å². The fourth-order valence-electron chi connectivity index (χ4n) is 4.12. The van der Waals surface area contributed by atoms with Crippen LogP contribution in [0.2, 0.25) is 0 Å². The number of benzene rings is 3. The monoisotopic (exact) mass is 508 g/mol. The summed E-state index contributed by atoms with van der Waals surface area (Å²) >= 11 is 0. The Kier molecular flexibility index (Phi) is 6.94. The first-order chi connectivity index (χ1) is 17.1. The van der Waals surface area contributed by atoms with Gasteiger partial charge in [0.15, 0.2) is 11.5 Å². The van der Waals surface area contributed by atoms with Crippen molar-refractivity contribution in [3.8, 4) is 17.2 Å². The maximum Gasteiger partial charge on any atom is 0.265 e. The summed E-state index contributed by atoms with van der Waals surface area (Å²) in [6.07, 6.45) is 4.05. The number of aromatic hydroxyl groups is 3. The molecule has 3 aromatic carbocycles. The third-order valence-corrected chi connectivity index (χ3v) is 7.54. The van der Waals surface area contributed by atoms with Crippen molar-refractivity contribution in [2.75, 3.05) is 4.72 Å². The molecule has 1 aliphatic carbocycles. The summed E-state index contributed by atoms with van der Waals surface area (Å²) in [6.45, 7) is 3.89. The Hall–Kier alpha value is -3.98. The second-order valence-corrected chi connectivity index (χ2v) is 10.7. The van der Waals surface area contributed by atoms with Crippen LogP contribution in [0.4, 0.5) is 5.69 Å². The lowest BCUT2D eigenvalue weighted by atomic mass is 9.89. The van der Waals surface area contributed by atoms with Gasteiger partial charge in [-0.25, -0.2) is 8.42 Å². The van der Waals surface area contributed by atoms with E-state index in [1.807, 2.05) is 30.3 Å². The SMILES string of the molecule is CC(C)c1cc(S(=O)(=O)Nc2ccc3c(c2)C=CC(C(=O)NCc2ccccc2)C3)c(O)c(O)c1O. The predicted octanol–water partition coefficient (Wildman–Crippen LogP) is 4.23. The van der Waals surface area contributed by atoms with Gasteiger partial charge in [-0.1, -0.05) is 62.4 Å². The van der Waals surface area contributed by atoms with Gasteiger partial charge < -0.3 is 20.6 Å². The van der Waals surface area contributed by atoms with Crippen LogP contribution in [0.1, 0.15) is 42.0 Å². The van der Waals surface area contributed by atoms with Crippen molar-refractivity contribution in [1.82, 2.24) is 5.32 Å². The Morgan fingerprint density at radius 3 is 2.42 bits per heavy atom. The summed E-state index contributed by atoms with van der Waals surface area (Å²) in [5, 5.41) is 33.2. The van der Waals surface area contributed by atoms with Gasteiger partial charge in [-0.15, -0.1) is 0 Å². The standard InChI is InChI=1S/C27H28N2O6S/c1-16(2)22-14-23(25(31)26(32)24(22)30)36(34,35)29-21-11-10-18-12-20(9-8-19(18)13-21)27(33)28-15-17-6-4-3-5-7-17/h3-11,13-14,16,20,29-32H,12,15H2,1-2H3,(H,28,33). The van der Waals surface area contributed by atoms with Crippen molar-refractivity contribution in [2.24, 2.45) is 5.92 Å². The van der Waals surface area contributed by atoms with E-state index in [4.69, 9.17) is 0 Å². The number of sulfonamides is 1. The molecule has 5 N–H and O–H groups in total. The normalized spacial score (nSPS) is 14.9. The second kappa shape index (κ2) is 9.94. The van der Waals surface area contributed by atoms with Crippen molar-refractivity contribution in [1.29, 1.82) is 0 Å². The topological polar surface area (TPSA) is 136 Å². The van der Waals surface area contributed by atoms with Crippen molar-refractivity contribution in [3.63, 3.8) is 0 Å². The Bertz CT molecular complexity index is 1430. The van der Waals surface area contributed by atoms with Crippen molar-refractivity contribution in [3.05, 3.63) is 82.9 Å². The van der Waals surface area contributed by atoms with Gasteiger partial charge in [0, 0.05) is 17.8 Å². The molecule has 3 aromatic rings. The first-order valence-corrected chi connectivity index (χ1v) is 13.0. The van der Waals surface area contributed by atoms with Crippen LogP contribution in [-0.2, 0) is 27.8 Å². The van der Waals surface area contributed by atoms with Crippen LogP contribution in [0.5, 0.6) is 17.2 Å². The number of fused-ring (bicyclic) bond motifs is 1. The van der Waals surface area contributed by atoms with E-state index in [2.05, 4.69) is 10.0 Å². The highest BCUT2D eigenvalue weighted by Gasteiger charge is 2.27. The molecule has 0 radical (unpaired) electrons. The van der Waals surface area contributed by atoms with Gasteiger partial charge in [-0.05, 0) is 47.2 Å². The maximum atomic E-state index is 13.0. The number of nitrogens with one attached hydrogen (secondary N) is 2. The molecule has 1 amide bonds. The molecule has 188 valence electrons. The smallest absolute Gasteiger partial charge is 0.265 e. The maximum absolute atomic E-state index is 13.0. The van der Waals surface area contributed by atoms with Gasteiger partial charge in [-0.3, -0.25) is 9.52 Å². The Morgan fingerprint density at radius 1 is 1.00 bits per heavy atom. The third kappa shape index (κ3) is 5.16. The lowest BCUT2D eigenvalue weighted by Crippen LogP contribution is -2.31. The van der Waals surface area contributed by atoms with Gasteiger partial charge in [0.1, 0.15) is 4.90 Å². The fourth-order valence-corrected chi connectivity index (χ4v) is 5.30. The van der Waals surface area contributed by atoms with Crippen LogP contribution >= 0.6 is 0 Å². The molecule has 1 aliphatic rings. The molecule has 0 saturated carbocycles. The molecule has 0 bridgehead atoms. The number of amides is 1. The molecule has 1 atom stereocenters. The number of carbonyl (C=O) groups is 1. The van der Waals surface area contributed by atoms with Crippen molar-refractivity contribution < 1.29 is 28.5 Å². The Morgan fingerprint density at radius 2 is 1.72 bits per heavy atom. The molecule has 0 aromatic heterocycles. The summed E-state index contributed by atoms with van der Waals surface area (Å²) in [5.41, 5.74) is 3.12. The molecule has 0 aliphatic heterocycles. The molecule has 0 heterocycles. The van der Waals surface area contributed by atoms with Crippen LogP contribution in [0.3, 0.4) is 0 Å². The number of anilines is 1. The number of rotatable bonds is 7. The summed E-state index contributed by atoms with van der Waals surface area (Å²) in [6, 6.07) is 15.8. The zero-order valence-corrected chi connectivity index (χ0v) is 20.7. The molecule has 0 saturated heterocycles. The highest BCUT2D eigenvalue weighted by atomic mass is 32.2. The zero-order chi connectivity index (χ0) is 26.0. The quantitative estimate of drug-likeness (QED) is 0.303. The minimum absolute atomic E-state index is 0.0888. The third-order valence-electron chi connectivity index (χ3n) is 6.15. The first kappa shape index (κ1) is 25.1. The number of hydrogen-bond acceptors (Lipinski definition) is 6. The highest BCUT2D eigenvalue weighted by molar-refractivity contribution is 7.92. The van der Waals surface area contributed by atoms with Crippen LogP contribution in [-0.4, -0.2) is 29.6 Å². The van der Waals surface area contributed by atoms with Gasteiger partial charge in [0.2, 0.25) is 11.7 Å². The van der Waals surface area contributed by atoms with Gasteiger partial charge in [0.05, 0.1) is 5.92 Å². The molecule has 0 spiro atoms. The van der Waals surface area contributed by atoms with Gasteiger partial charge >= 0.3 is 0 Å². The average molecular weight is 509 g/mol. The molecular formula is C27H28N2O6S. The molecule has 1 unspecified atom stereocenters. The molecule has 9 heteroatoms. The highest BCUT2D eigenvalue weighted by Crippen LogP contribution is 2.45. The summed E-state index contributed by atoms with van der Waals surface area (Å²) < 4.78 is 28.5. The molecule has 8 nitrogen and oxygen atoms in total. The van der Waals surface area contributed by atoms with Crippen LogP contribution in [0.15, 0.2) is 65.6 Å². The predicted molar refractivity (Wildman–Crippen MR) is 137 cm³/mol. The molecule has 36 heavy (non-hydrogen) atoms. The lowest BCUT2D eigenvalue weighted by Gasteiger charge is -2.20. The van der Waals surface area contributed by atoms with E-state index in [1.54, 1.807) is 44.2 Å². The van der Waals surface area contributed by atoms with E-state index in [0.717, 1.165) is 22.8 Å². The first-order valence-electron chi connectivity index (χ1n) is 11.5. The summed E-state index contributed by atoms with van der Waals surface area (Å²) in [4.78, 5) is 12.1. The molecular weight excluding hydrogens is 480 g/mol. The largest absolute Gasteiger partial charge is 0.504 e. The Balaban J connectivity index is 1.50. The van der Waals surface area contributed by atoms with Crippen molar-refractivity contribution >= 4 is 27.7 Å². The molecule has 4 rings (SSSR count). The van der Waals surface area contributed by atoms with Gasteiger partial charge in [-0.2, -0.15) is 0 Å². The van der Waals surface area contributed by atoms with Gasteiger partial charge in [0.25, 0.3) is 10.0 Å². The van der Waals surface area contributed by atoms with Crippen LogP contribution in [0, 0.1) is 5.92 Å². The van der Waals surface area contributed by atoms with E-state index in [1.165, 1.54) is 0 Å². The van der Waals surface area contributed by atoms with E-state index in [-0.39, 0.29) is 29.0 Å². The number of phenols is 3. The minimum atomic E-state index is -4.28. The summed E-state index contributed by atoms with van der Waals surface area (Å²) in [7, 11) is -4.28. The minimum Gasteiger partial charge on any atom is -0.504 e. The Labute approximate surface area is 210 Å². The van der Waals surface area contributed by atoms with E-state index in [9.17, 15) is 28.5 Å². The number of hydrogen-bond donors (Lipinski definition) is 5. The lowest BCUT2D eigenvalue weighted by molar-refractivity contribution is -0.123. The van der Waals surface area contributed by atoms with Crippen LogP contribution < -0.4 is 10.0 Å². The van der Waals surface area contributed by atoms with E-state index >= 15 is 0 Å². The second-order valence-electron chi connectivity index (χ2n) is 9.06. The number of phenolic OH excluding ortho intramolecular Hbond substituents is 3. The molecule has 0 fully saturated rings. The number of carbonyl (C=O) groups excluding carboxylic acids is 1. The average Bonchev–Trinajstić information content (AvgIpc) is 2.85. The van der Waals surface area contributed by atoms with Crippen LogP contribution in [0.25, 0.3) is 6.08 Å².